The summed E-state index contributed by atoms with van der Waals surface area (Å²) >= 11 is 6.23. The molecule has 1 fully saturated rings. The molecule has 8 nitrogen and oxygen atoms in total. The SMILES string of the molecule is COc1ccc(N2C(=O)C(=O)/C(=C(/O)c3cccc([N+](=O)[O-])c3)C2c2ccc(F)cc2)cc1Cl. The summed E-state index contributed by atoms with van der Waals surface area (Å²) in [4.78, 5) is 37.9. The van der Waals surface area contributed by atoms with Crippen LogP contribution in [0.25, 0.3) is 5.76 Å². The third-order valence-electron chi connectivity index (χ3n) is 5.37. The highest BCUT2D eigenvalue weighted by molar-refractivity contribution is 6.51. The van der Waals surface area contributed by atoms with Gasteiger partial charge in [-0.2, -0.15) is 0 Å². The second kappa shape index (κ2) is 8.95. The summed E-state index contributed by atoms with van der Waals surface area (Å²) in [5.41, 5.74) is -0.0606. The Bertz CT molecular complexity index is 1360. The Morgan fingerprint density at radius 3 is 2.44 bits per heavy atom. The summed E-state index contributed by atoms with van der Waals surface area (Å²) in [5.74, 6) is -2.75. The Labute approximate surface area is 197 Å². The zero-order valence-corrected chi connectivity index (χ0v) is 18.3. The number of amides is 1. The Hall–Kier alpha value is -4.24. The second-order valence-corrected chi connectivity index (χ2v) is 7.75. The van der Waals surface area contributed by atoms with Crippen LogP contribution in [0.4, 0.5) is 15.8 Å². The van der Waals surface area contributed by atoms with E-state index in [2.05, 4.69) is 0 Å². The lowest BCUT2D eigenvalue weighted by Gasteiger charge is -2.26. The normalized spacial score (nSPS) is 17.1. The van der Waals surface area contributed by atoms with E-state index in [-0.39, 0.29) is 27.5 Å². The van der Waals surface area contributed by atoms with Gasteiger partial charge in [-0.25, -0.2) is 4.39 Å². The molecule has 0 spiro atoms. The molecule has 1 aliphatic rings. The number of nitrogens with zero attached hydrogens (tertiary/aromatic N) is 2. The summed E-state index contributed by atoms with van der Waals surface area (Å²) in [5, 5.41) is 22.4. The highest BCUT2D eigenvalue weighted by atomic mass is 35.5. The topological polar surface area (TPSA) is 110 Å². The van der Waals surface area contributed by atoms with Crippen molar-refractivity contribution in [3.63, 3.8) is 0 Å². The summed E-state index contributed by atoms with van der Waals surface area (Å²) in [6, 6.07) is 13.4. The molecule has 1 N–H and O–H groups in total. The standard InChI is InChI=1S/C24H16ClFN2O6/c1-34-19-10-9-16(12-18(19)25)27-21(13-5-7-15(26)8-6-13)20(23(30)24(27)31)22(29)14-3-2-4-17(11-14)28(32)33/h2-12,21,29H,1H3/b22-20+. The van der Waals surface area contributed by atoms with Gasteiger partial charge in [0.05, 0.1) is 28.7 Å². The van der Waals surface area contributed by atoms with Crippen LogP contribution in [0.3, 0.4) is 0 Å². The number of carbonyl (C=O) groups excluding carboxylic acids is 2. The summed E-state index contributed by atoms with van der Waals surface area (Å²) in [7, 11) is 1.42. The molecule has 10 heteroatoms. The number of aliphatic hydroxyl groups is 1. The molecule has 0 aliphatic carbocycles. The number of methoxy groups -OCH3 is 1. The van der Waals surface area contributed by atoms with Gasteiger partial charge in [-0.3, -0.25) is 24.6 Å². The van der Waals surface area contributed by atoms with E-state index in [4.69, 9.17) is 16.3 Å². The molecule has 172 valence electrons. The number of hydrogen-bond acceptors (Lipinski definition) is 6. The zero-order valence-electron chi connectivity index (χ0n) is 17.6. The lowest BCUT2D eigenvalue weighted by atomic mass is 9.95. The highest BCUT2D eigenvalue weighted by Crippen LogP contribution is 2.43. The molecule has 1 aliphatic heterocycles. The fourth-order valence-electron chi connectivity index (χ4n) is 3.79. The third kappa shape index (κ3) is 3.97. The van der Waals surface area contributed by atoms with Crippen LogP contribution in [0, 0.1) is 15.9 Å². The van der Waals surface area contributed by atoms with E-state index in [0.29, 0.717) is 11.3 Å². The molecule has 1 unspecified atom stereocenters. The summed E-state index contributed by atoms with van der Waals surface area (Å²) < 4.78 is 18.8. The number of hydrogen-bond donors (Lipinski definition) is 1. The van der Waals surface area contributed by atoms with E-state index in [0.717, 1.165) is 23.1 Å². The van der Waals surface area contributed by atoms with Gasteiger partial charge in [0.15, 0.2) is 0 Å². The number of nitro groups is 1. The molecule has 1 atom stereocenters. The van der Waals surface area contributed by atoms with E-state index < -0.39 is 34.2 Å². The van der Waals surface area contributed by atoms with Gasteiger partial charge in [0.25, 0.3) is 17.4 Å². The van der Waals surface area contributed by atoms with E-state index in [9.17, 15) is 29.2 Å². The molecule has 34 heavy (non-hydrogen) atoms. The van der Waals surface area contributed by atoms with Gasteiger partial charge in [-0.15, -0.1) is 0 Å². The molecule has 1 saturated heterocycles. The van der Waals surface area contributed by atoms with E-state index >= 15 is 0 Å². The number of aliphatic hydroxyl groups excluding tert-OH is 1. The molecule has 3 aromatic rings. The Kier molecular flexibility index (Phi) is 6.04. The smallest absolute Gasteiger partial charge is 0.300 e. The minimum absolute atomic E-state index is 0.0212. The van der Waals surface area contributed by atoms with Crippen molar-refractivity contribution in [3.8, 4) is 5.75 Å². The lowest BCUT2D eigenvalue weighted by molar-refractivity contribution is -0.384. The molecule has 0 aromatic heterocycles. The molecular formula is C24H16ClFN2O6. The van der Waals surface area contributed by atoms with Gasteiger partial charge in [-0.1, -0.05) is 35.9 Å². The van der Waals surface area contributed by atoms with Crippen LogP contribution < -0.4 is 9.64 Å². The van der Waals surface area contributed by atoms with Crippen molar-refractivity contribution in [1.82, 2.24) is 0 Å². The Morgan fingerprint density at radius 1 is 1.12 bits per heavy atom. The first kappa shape index (κ1) is 22.9. The quantitative estimate of drug-likeness (QED) is 0.180. The van der Waals surface area contributed by atoms with Crippen molar-refractivity contribution in [1.29, 1.82) is 0 Å². The van der Waals surface area contributed by atoms with Gasteiger partial charge >= 0.3 is 0 Å². The fourth-order valence-corrected chi connectivity index (χ4v) is 4.04. The van der Waals surface area contributed by atoms with E-state index in [1.165, 1.54) is 55.6 Å². The number of nitro benzene ring substituents is 1. The number of anilines is 1. The van der Waals surface area contributed by atoms with Crippen molar-refractivity contribution in [3.05, 3.63) is 104 Å². The van der Waals surface area contributed by atoms with Gasteiger partial charge < -0.3 is 9.84 Å². The fraction of sp³-hybridized carbons (Fsp3) is 0.0833. The van der Waals surface area contributed by atoms with Crippen molar-refractivity contribution in [2.24, 2.45) is 0 Å². The first-order valence-electron chi connectivity index (χ1n) is 9.87. The zero-order chi connectivity index (χ0) is 24.6. The Balaban J connectivity index is 1.94. The van der Waals surface area contributed by atoms with Crippen molar-refractivity contribution in [2.75, 3.05) is 12.0 Å². The molecule has 0 saturated carbocycles. The number of benzene rings is 3. The van der Waals surface area contributed by atoms with Gasteiger partial charge in [0.1, 0.15) is 17.3 Å². The van der Waals surface area contributed by atoms with Gasteiger partial charge in [0, 0.05) is 23.4 Å². The van der Waals surface area contributed by atoms with Gasteiger partial charge in [-0.05, 0) is 35.9 Å². The maximum Gasteiger partial charge on any atom is 0.300 e. The van der Waals surface area contributed by atoms with Crippen LogP contribution in [0.1, 0.15) is 17.2 Å². The first-order valence-corrected chi connectivity index (χ1v) is 10.3. The number of halogens is 2. The number of carbonyl (C=O) groups is 2. The van der Waals surface area contributed by atoms with Crippen LogP contribution in [0.15, 0.2) is 72.3 Å². The number of ether oxygens (including phenoxy) is 1. The largest absolute Gasteiger partial charge is 0.507 e. The van der Waals surface area contributed by atoms with Crippen LogP contribution in [0.5, 0.6) is 5.75 Å². The summed E-state index contributed by atoms with van der Waals surface area (Å²) in [6.45, 7) is 0. The molecule has 0 radical (unpaired) electrons. The summed E-state index contributed by atoms with van der Waals surface area (Å²) in [6.07, 6.45) is 0. The predicted octanol–water partition coefficient (Wildman–Crippen LogP) is 5.02. The number of non-ortho nitro benzene ring substituents is 1. The van der Waals surface area contributed by atoms with E-state index in [1.807, 2.05) is 0 Å². The molecule has 3 aromatic carbocycles. The van der Waals surface area contributed by atoms with Crippen LogP contribution in [0.2, 0.25) is 5.02 Å². The maximum atomic E-state index is 13.6. The molecular weight excluding hydrogens is 467 g/mol. The van der Waals surface area contributed by atoms with Crippen LogP contribution in [-0.4, -0.2) is 28.8 Å². The van der Waals surface area contributed by atoms with Gasteiger partial charge in [0.2, 0.25) is 0 Å². The lowest BCUT2D eigenvalue weighted by Crippen LogP contribution is -2.29. The molecule has 4 rings (SSSR count). The van der Waals surface area contributed by atoms with Crippen molar-refractivity contribution in [2.45, 2.75) is 6.04 Å². The minimum Gasteiger partial charge on any atom is -0.507 e. The minimum atomic E-state index is -1.15. The van der Waals surface area contributed by atoms with Crippen LogP contribution in [-0.2, 0) is 9.59 Å². The highest BCUT2D eigenvalue weighted by Gasteiger charge is 2.47. The number of Topliss-reactive ketones (excluding diaryl/α,β-unsaturated/α-hetero) is 1. The van der Waals surface area contributed by atoms with Crippen LogP contribution >= 0.6 is 11.6 Å². The third-order valence-corrected chi connectivity index (χ3v) is 5.67. The average Bonchev–Trinajstić information content (AvgIpc) is 3.09. The second-order valence-electron chi connectivity index (χ2n) is 7.35. The average molecular weight is 483 g/mol. The molecule has 1 heterocycles. The number of rotatable bonds is 5. The number of ketones is 1. The molecule has 0 bridgehead atoms. The predicted molar refractivity (Wildman–Crippen MR) is 122 cm³/mol. The first-order chi connectivity index (χ1) is 16.2. The van der Waals surface area contributed by atoms with E-state index in [1.54, 1.807) is 0 Å². The van der Waals surface area contributed by atoms with Crippen molar-refractivity contribution >= 4 is 40.4 Å². The monoisotopic (exact) mass is 482 g/mol. The maximum absolute atomic E-state index is 13.6. The Morgan fingerprint density at radius 2 is 1.82 bits per heavy atom. The van der Waals surface area contributed by atoms with Crippen molar-refractivity contribution < 1.29 is 28.7 Å². The molecule has 1 amide bonds.